The van der Waals surface area contributed by atoms with Crippen molar-refractivity contribution in [1.82, 2.24) is 4.57 Å². The normalized spacial score (nSPS) is 14.9. The Balaban J connectivity index is 1.24. The van der Waals surface area contributed by atoms with Crippen LogP contribution in [0.15, 0.2) is 144 Å². The summed E-state index contributed by atoms with van der Waals surface area (Å²) in [5.74, 6) is 0. The number of nitrogens with zero attached hydrogens (tertiary/aromatic N) is 2. The zero-order valence-corrected chi connectivity index (χ0v) is 38.4. The maximum Gasteiger partial charge on any atom is 0.333 e. The zero-order chi connectivity index (χ0) is 43.3. The molecule has 0 bridgehead atoms. The molecule has 308 valence electrons. The number of aromatic nitrogens is 1. The quantitative estimate of drug-likeness (QED) is 0.154. The second-order valence-corrected chi connectivity index (χ2v) is 22.4. The van der Waals surface area contributed by atoms with Gasteiger partial charge < -0.3 is 13.8 Å². The second-order valence-electron chi connectivity index (χ2n) is 21.3. The van der Waals surface area contributed by atoms with E-state index in [4.69, 9.17) is 4.42 Å². The van der Waals surface area contributed by atoms with E-state index in [0.717, 1.165) is 21.9 Å². The van der Waals surface area contributed by atoms with E-state index in [0.29, 0.717) is 0 Å². The van der Waals surface area contributed by atoms with Crippen molar-refractivity contribution in [1.29, 1.82) is 0 Å². The molecule has 5 heterocycles. The molecular formula is C59H47BN2OS. The lowest BCUT2D eigenvalue weighted by atomic mass is 9.43. The van der Waals surface area contributed by atoms with Gasteiger partial charge in [0.15, 0.2) is 0 Å². The Bertz CT molecular complexity index is 3900. The molecule has 0 atom stereocenters. The van der Waals surface area contributed by atoms with Crippen LogP contribution in [0.5, 0.6) is 0 Å². The van der Waals surface area contributed by atoms with E-state index >= 15 is 0 Å². The standard InChI is InChI=1S/C59H47BN2OS/c1-57(2,3)32-21-24-34(25-22-32)62-45-31-50-39(36-16-11-14-20-49(36)64-50)28-41(45)53-54-51(37-17-9-12-18-42(37)59(54,7)8)52-40-27-33(58(4,5)6)23-26-44(40)61-46-30-48-38(35-15-10-13-19-47(35)63-48)29-43(46)60(62)55(53)56(52)61/h9-31H,1-8H3. The first-order valence-electron chi connectivity index (χ1n) is 22.9. The minimum atomic E-state index is -0.267. The average molecular weight is 843 g/mol. The summed E-state index contributed by atoms with van der Waals surface area (Å²) in [6.45, 7) is 18.8. The van der Waals surface area contributed by atoms with Gasteiger partial charge in [-0.15, -0.1) is 11.3 Å². The Morgan fingerprint density at radius 3 is 2.08 bits per heavy atom. The summed E-state index contributed by atoms with van der Waals surface area (Å²) in [4.78, 5) is 2.71. The third kappa shape index (κ3) is 4.58. The maximum atomic E-state index is 6.77. The predicted molar refractivity (Wildman–Crippen MR) is 275 cm³/mol. The molecule has 5 heteroatoms. The van der Waals surface area contributed by atoms with Gasteiger partial charge in [-0.2, -0.15) is 0 Å². The number of fused-ring (bicyclic) bond motifs is 19. The Kier molecular flexibility index (Phi) is 6.89. The second kappa shape index (κ2) is 12.0. The molecule has 0 amide bonds. The molecule has 0 fully saturated rings. The topological polar surface area (TPSA) is 21.3 Å². The van der Waals surface area contributed by atoms with Crippen molar-refractivity contribution in [3.05, 3.63) is 162 Å². The van der Waals surface area contributed by atoms with E-state index < -0.39 is 0 Å². The summed E-state index contributed by atoms with van der Waals surface area (Å²) in [5, 5.41) is 7.64. The van der Waals surface area contributed by atoms with E-state index in [1.165, 1.54) is 114 Å². The van der Waals surface area contributed by atoms with E-state index in [1.807, 2.05) is 11.3 Å². The van der Waals surface area contributed by atoms with Gasteiger partial charge in [-0.3, -0.25) is 0 Å². The predicted octanol–water partition coefficient (Wildman–Crippen LogP) is 15.2. The van der Waals surface area contributed by atoms with Crippen molar-refractivity contribution < 1.29 is 4.42 Å². The van der Waals surface area contributed by atoms with Gasteiger partial charge in [-0.05, 0) is 109 Å². The summed E-state index contributed by atoms with van der Waals surface area (Å²) < 4.78 is 12.0. The number of thiophene rings is 1. The monoisotopic (exact) mass is 842 g/mol. The first-order valence-corrected chi connectivity index (χ1v) is 23.7. The third-order valence-electron chi connectivity index (χ3n) is 15.2. The van der Waals surface area contributed by atoms with Crippen molar-refractivity contribution in [2.24, 2.45) is 0 Å². The summed E-state index contributed by atoms with van der Waals surface area (Å²) in [6.07, 6.45) is 0. The molecule has 0 spiro atoms. The smallest absolute Gasteiger partial charge is 0.333 e. The van der Waals surface area contributed by atoms with Crippen molar-refractivity contribution in [2.45, 2.75) is 71.6 Å². The van der Waals surface area contributed by atoms with Gasteiger partial charge >= 0.3 is 6.85 Å². The highest BCUT2D eigenvalue weighted by molar-refractivity contribution is 7.25. The molecule has 0 saturated heterocycles. The first-order chi connectivity index (χ1) is 30.8. The lowest BCUT2D eigenvalue weighted by molar-refractivity contribution is 0.590. The van der Waals surface area contributed by atoms with Gasteiger partial charge in [0.2, 0.25) is 0 Å². The van der Waals surface area contributed by atoms with E-state index in [2.05, 4.69) is 204 Å². The highest BCUT2D eigenvalue weighted by atomic mass is 32.1. The van der Waals surface area contributed by atoms with Crippen LogP contribution in [0.3, 0.4) is 0 Å². The number of hydrogen-bond donors (Lipinski definition) is 0. The molecular weight excluding hydrogens is 796 g/mol. The van der Waals surface area contributed by atoms with Crippen LogP contribution in [0.4, 0.5) is 11.4 Å². The largest absolute Gasteiger partial charge is 0.456 e. The van der Waals surface area contributed by atoms with Crippen LogP contribution in [-0.4, -0.2) is 11.4 Å². The molecule has 0 unspecified atom stereocenters. The van der Waals surface area contributed by atoms with Gasteiger partial charge in [0.1, 0.15) is 11.2 Å². The molecule has 0 radical (unpaired) electrons. The van der Waals surface area contributed by atoms with E-state index in [-0.39, 0.29) is 23.1 Å². The van der Waals surface area contributed by atoms with Crippen molar-refractivity contribution in [3.8, 4) is 27.9 Å². The van der Waals surface area contributed by atoms with Crippen LogP contribution in [0, 0.1) is 0 Å². The Labute approximate surface area is 377 Å². The summed E-state index contributed by atoms with van der Waals surface area (Å²) in [6, 6.07) is 53.6. The Hall–Kier alpha value is -6.56. The molecule has 3 aromatic heterocycles. The maximum absolute atomic E-state index is 6.77. The van der Waals surface area contributed by atoms with Gasteiger partial charge in [0.25, 0.3) is 0 Å². The molecule has 64 heavy (non-hydrogen) atoms. The van der Waals surface area contributed by atoms with E-state index in [1.54, 1.807) is 0 Å². The number of rotatable bonds is 1. The van der Waals surface area contributed by atoms with E-state index in [9.17, 15) is 0 Å². The number of benzene rings is 8. The minimum Gasteiger partial charge on any atom is -0.456 e. The van der Waals surface area contributed by atoms with Crippen LogP contribution in [0.1, 0.15) is 77.6 Å². The Morgan fingerprint density at radius 1 is 0.562 bits per heavy atom. The fourth-order valence-corrected chi connectivity index (χ4v) is 13.3. The number of hydrogen-bond acceptors (Lipinski definition) is 3. The molecule has 1 aliphatic carbocycles. The first kappa shape index (κ1) is 36.9. The lowest BCUT2D eigenvalue weighted by Gasteiger charge is -2.44. The number of furan rings is 1. The summed E-state index contributed by atoms with van der Waals surface area (Å²) in [5.41, 5.74) is 21.4. The molecule has 0 N–H and O–H groups in total. The van der Waals surface area contributed by atoms with Crippen molar-refractivity contribution in [3.63, 3.8) is 0 Å². The van der Waals surface area contributed by atoms with Crippen LogP contribution >= 0.6 is 11.3 Å². The zero-order valence-electron chi connectivity index (χ0n) is 37.6. The minimum absolute atomic E-state index is 0.0259. The molecule has 2 aliphatic heterocycles. The SMILES string of the molecule is CC(C)(C)c1ccc(N2B3c4cc5c(cc4-n4c6ccc(C(C)(C)C)cc6c6c7c(c(c3c64)-c3cc4c(cc32)sc2ccccc24)C(C)(C)c2ccccc2-7)oc2ccccc25)cc1. The lowest BCUT2D eigenvalue weighted by Crippen LogP contribution is -2.61. The molecule has 3 nitrogen and oxygen atoms in total. The third-order valence-corrected chi connectivity index (χ3v) is 16.4. The molecule has 0 saturated carbocycles. The number of para-hydroxylation sites is 1. The summed E-state index contributed by atoms with van der Waals surface area (Å²) in [7, 11) is 0. The van der Waals surface area contributed by atoms with Crippen molar-refractivity contribution in [2.75, 3.05) is 4.81 Å². The average Bonchev–Trinajstić information content (AvgIpc) is 4.00. The van der Waals surface area contributed by atoms with Gasteiger partial charge in [0.05, 0.1) is 11.0 Å². The van der Waals surface area contributed by atoms with Crippen LogP contribution in [0.25, 0.3) is 91.9 Å². The number of anilines is 2. The van der Waals surface area contributed by atoms with Gasteiger partial charge in [-0.25, -0.2) is 0 Å². The van der Waals surface area contributed by atoms with Gasteiger partial charge in [-0.1, -0.05) is 140 Å². The summed E-state index contributed by atoms with van der Waals surface area (Å²) >= 11 is 1.91. The fraction of sp³-hybridized carbons (Fsp3) is 0.186. The molecule has 8 aromatic carbocycles. The Morgan fingerprint density at radius 2 is 1.28 bits per heavy atom. The van der Waals surface area contributed by atoms with Gasteiger partial charge in [0, 0.05) is 75.8 Å². The molecule has 14 rings (SSSR count). The van der Waals surface area contributed by atoms with Crippen molar-refractivity contribution >= 4 is 104 Å². The molecule has 3 aliphatic rings. The van der Waals surface area contributed by atoms with Crippen LogP contribution in [-0.2, 0) is 16.2 Å². The highest BCUT2D eigenvalue weighted by Gasteiger charge is 2.50. The fourth-order valence-electron chi connectivity index (χ4n) is 12.2. The molecule has 11 aromatic rings. The van der Waals surface area contributed by atoms with Crippen LogP contribution < -0.4 is 15.7 Å². The van der Waals surface area contributed by atoms with Crippen LogP contribution in [0.2, 0.25) is 0 Å². The highest BCUT2D eigenvalue weighted by Crippen LogP contribution is 2.60.